The van der Waals surface area contributed by atoms with Gasteiger partial charge in [-0.05, 0) is 24.3 Å². The monoisotopic (exact) mass is 476 g/mol. The molecular weight excluding hydrogens is 457 g/mol. The number of benzene rings is 2. The number of fused-ring (bicyclic) bond motifs is 1. The fourth-order valence-corrected chi connectivity index (χ4v) is 4.53. The zero-order valence-corrected chi connectivity index (χ0v) is 18.3. The van der Waals surface area contributed by atoms with Gasteiger partial charge >= 0.3 is 6.18 Å². The van der Waals surface area contributed by atoms with Crippen molar-refractivity contribution in [1.82, 2.24) is 14.9 Å². The molecule has 172 valence electrons. The zero-order valence-electron chi connectivity index (χ0n) is 17.5. The van der Waals surface area contributed by atoms with Crippen molar-refractivity contribution in [1.29, 1.82) is 0 Å². The van der Waals surface area contributed by atoms with Gasteiger partial charge in [-0.2, -0.15) is 22.9 Å². The fraction of sp³-hybridized carbons (Fsp3) is 0.318. The van der Waals surface area contributed by atoms with Crippen LogP contribution >= 0.6 is 11.8 Å². The molecule has 3 aromatic rings. The molecule has 2 aromatic carbocycles. The molecule has 5 rings (SSSR count). The molecule has 11 heteroatoms. The highest BCUT2D eigenvalue weighted by Crippen LogP contribution is 2.38. The number of nitrogens with zero attached hydrogens (tertiary/aromatic N) is 4. The number of hydrogen-bond acceptors (Lipinski definition) is 7. The van der Waals surface area contributed by atoms with Gasteiger partial charge in [-0.25, -0.2) is 0 Å². The molecule has 33 heavy (non-hydrogen) atoms. The fourth-order valence-electron chi connectivity index (χ4n) is 3.70. The summed E-state index contributed by atoms with van der Waals surface area (Å²) >= 11 is 1.35. The van der Waals surface area contributed by atoms with Crippen LogP contribution in [0, 0.1) is 0 Å². The van der Waals surface area contributed by atoms with E-state index in [1.165, 1.54) is 34.6 Å². The molecule has 0 bridgehead atoms. The van der Waals surface area contributed by atoms with E-state index in [4.69, 9.17) is 14.2 Å². The molecule has 0 radical (unpaired) electrons. The number of rotatable bonds is 5. The van der Waals surface area contributed by atoms with Gasteiger partial charge in [-0.1, -0.05) is 30.0 Å². The van der Waals surface area contributed by atoms with E-state index in [0.29, 0.717) is 41.3 Å². The van der Waals surface area contributed by atoms with Gasteiger partial charge in [0, 0.05) is 23.3 Å². The Labute approximate surface area is 191 Å². The minimum atomic E-state index is -4.52. The van der Waals surface area contributed by atoms with Crippen LogP contribution in [0.1, 0.15) is 17.5 Å². The van der Waals surface area contributed by atoms with Crippen LogP contribution in [0.5, 0.6) is 11.5 Å². The van der Waals surface area contributed by atoms with Crippen molar-refractivity contribution in [3.05, 3.63) is 53.6 Å². The molecule has 0 amide bonds. The molecule has 7 nitrogen and oxygen atoms in total. The molecule has 2 aliphatic heterocycles. The highest BCUT2D eigenvalue weighted by molar-refractivity contribution is 7.99. The number of thioether (sulfide) groups is 1. The molecule has 0 unspecified atom stereocenters. The van der Waals surface area contributed by atoms with Crippen LogP contribution in [0.15, 0.2) is 52.7 Å². The van der Waals surface area contributed by atoms with Gasteiger partial charge in [0.05, 0.1) is 31.6 Å². The smallest absolute Gasteiger partial charge is 0.417 e. The van der Waals surface area contributed by atoms with Gasteiger partial charge in [-0.3, -0.25) is 0 Å². The lowest BCUT2D eigenvalue weighted by Crippen LogP contribution is -2.18. The van der Waals surface area contributed by atoms with Crippen LogP contribution in [-0.4, -0.2) is 52.8 Å². The van der Waals surface area contributed by atoms with Gasteiger partial charge in [0.2, 0.25) is 5.16 Å². The Morgan fingerprint density at radius 1 is 1.12 bits per heavy atom. The SMILES string of the molecule is COc1ccc(C2=Nn3c(nnc3-c3ccccc3C(F)(F)F)SC2)cc1O[C@@H]1CCOC1. The number of methoxy groups -OCH3 is 1. The molecule has 0 saturated carbocycles. The normalized spacial score (nSPS) is 18.1. The molecule has 0 aliphatic carbocycles. The Balaban J connectivity index is 1.53. The topological polar surface area (TPSA) is 70.8 Å². The summed E-state index contributed by atoms with van der Waals surface area (Å²) in [6.45, 7) is 1.16. The van der Waals surface area contributed by atoms with Gasteiger partial charge in [-0.15, -0.1) is 10.2 Å². The second-order valence-corrected chi connectivity index (χ2v) is 8.41. The number of halogens is 3. The van der Waals surface area contributed by atoms with E-state index in [2.05, 4.69) is 15.3 Å². The van der Waals surface area contributed by atoms with Gasteiger partial charge < -0.3 is 14.2 Å². The summed E-state index contributed by atoms with van der Waals surface area (Å²) in [5, 5.41) is 13.1. The van der Waals surface area contributed by atoms with Crippen molar-refractivity contribution in [2.24, 2.45) is 5.10 Å². The number of ether oxygens (including phenoxy) is 3. The maximum atomic E-state index is 13.6. The van der Waals surface area contributed by atoms with E-state index < -0.39 is 11.7 Å². The van der Waals surface area contributed by atoms with Gasteiger partial charge in [0.15, 0.2) is 17.3 Å². The largest absolute Gasteiger partial charge is 0.493 e. The third-order valence-corrected chi connectivity index (χ3v) is 6.25. The Morgan fingerprint density at radius 3 is 2.73 bits per heavy atom. The molecule has 3 heterocycles. The standard InChI is InChI=1S/C22H19F3N4O3S/c1-30-18-7-6-13(10-19(18)32-14-8-9-31-11-14)17-12-33-21-27-26-20(29(21)28-17)15-4-2-3-5-16(15)22(23,24)25/h2-7,10,14H,8-9,11-12H2,1H3/t14-/m1/s1. The molecule has 1 aromatic heterocycles. The van der Waals surface area contributed by atoms with Crippen LogP contribution in [-0.2, 0) is 10.9 Å². The van der Waals surface area contributed by atoms with Crippen LogP contribution < -0.4 is 9.47 Å². The first-order chi connectivity index (χ1) is 15.9. The maximum absolute atomic E-state index is 13.6. The second kappa shape index (κ2) is 8.71. The van der Waals surface area contributed by atoms with E-state index in [9.17, 15) is 13.2 Å². The van der Waals surface area contributed by atoms with Crippen LogP contribution in [0.4, 0.5) is 13.2 Å². The minimum Gasteiger partial charge on any atom is -0.493 e. The molecular formula is C22H19F3N4O3S. The molecule has 0 spiro atoms. The second-order valence-electron chi connectivity index (χ2n) is 7.47. The average Bonchev–Trinajstić information content (AvgIpc) is 3.48. The highest BCUT2D eigenvalue weighted by Gasteiger charge is 2.35. The van der Waals surface area contributed by atoms with Crippen molar-refractivity contribution in [2.45, 2.75) is 23.9 Å². The summed E-state index contributed by atoms with van der Waals surface area (Å²) in [6.07, 6.45) is -3.80. The summed E-state index contributed by atoms with van der Waals surface area (Å²) in [6, 6.07) is 10.7. The Bertz CT molecular complexity index is 1210. The lowest BCUT2D eigenvalue weighted by molar-refractivity contribution is -0.137. The van der Waals surface area contributed by atoms with E-state index in [0.717, 1.165) is 18.1 Å². The van der Waals surface area contributed by atoms with E-state index in [-0.39, 0.29) is 17.5 Å². The Kier molecular flexibility index (Phi) is 5.75. The van der Waals surface area contributed by atoms with Crippen LogP contribution in [0.2, 0.25) is 0 Å². The Hall–Kier alpha value is -3.05. The van der Waals surface area contributed by atoms with Crippen molar-refractivity contribution in [3.8, 4) is 22.9 Å². The maximum Gasteiger partial charge on any atom is 0.417 e. The third-order valence-electron chi connectivity index (χ3n) is 5.32. The summed E-state index contributed by atoms with van der Waals surface area (Å²) in [5.41, 5.74) is 0.570. The predicted octanol–water partition coefficient (Wildman–Crippen LogP) is 4.50. The number of aromatic nitrogens is 3. The number of alkyl halides is 3. The van der Waals surface area contributed by atoms with Crippen molar-refractivity contribution >= 4 is 17.5 Å². The van der Waals surface area contributed by atoms with E-state index in [1.807, 2.05) is 12.1 Å². The first-order valence-electron chi connectivity index (χ1n) is 10.2. The first kappa shape index (κ1) is 21.8. The molecule has 1 saturated heterocycles. The lowest BCUT2D eigenvalue weighted by atomic mass is 10.1. The van der Waals surface area contributed by atoms with Crippen LogP contribution in [0.3, 0.4) is 0 Å². The van der Waals surface area contributed by atoms with Crippen molar-refractivity contribution in [2.75, 3.05) is 26.1 Å². The molecule has 2 aliphatic rings. The van der Waals surface area contributed by atoms with Gasteiger partial charge in [0.25, 0.3) is 0 Å². The van der Waals surface area contributed by atoms with Crippen molar-refractivity contribution in [3.63, 3.8) is 0 Å². The van der Waals surface area contributed by atoms with E-state index >= 15 is 0 Å². The number of hydrogen-bond donors (Lipinski definition) is 0. The van der Waals surface area contributed by atoms with Gasteiger partial charge in [0.1, 0.15) is 6.10 Å². The zero-order chi connectivity index (χ0) is 23.0. The average molecular weight is 476 g/mol. The molecule has 1 atom stereocenters. The van der Waals surface area contributed by atoms with Crippen molar-refractivity contribution < 1.29 is 27.4 Å². The first-order valence-corrected chi connectivity index (χ1v) is 11.2. The Morgan fingerprint density at radius 2 is 1.97 bits per heavy atom. The molecule has 1 fully saturated rings. The van der Waals surface area contributed by atoms with Crippen LogP contribution in [0.25, 0.3) is 11.4 Å². The summed E-state index contributed by atoms with van der Waals surface area (Å²) < 4.78 is 58.9. The highest BCUT2D eigenvalue weighted by atomic mass is 32.2. The predicted molar refractivity (Wildman–Crippen MR) is 116 cm³/mol. The quantitative estimate of drug-likeness (QED) is 0.540. The summed E-state index contributed by atoms with van der Waals surface area (Å²) in [5.74, 6) is 1.67. The third kappa shape index (κ3) is 4.30. The summed E-state index contributed by atoms with van der Waals surface area (Å²) in [4.78, 5) is 0. The minimum absolute atomic E-state index is 0.0377. The molecule has 0 N–H and O–H groups in total. The van der Waals surface area contributed by atoms with E-state index in [1.54, 1.807) is 13.2 Å². The lowest BCUT2D eigenvalue weighted by Gasteiger charge is -2.18. The summed E-state index contributed by atoms with van der Waals surface area (Å²) in [7, 11) is 1.56.